The molecule has 0 radical (unpaired) electrons. The maximum absolute atomic E-state index is 12.7. The van der Waals surface area contributed by atoms with E-state index in [0.29, 0.717) is 27.7 Å². The van der Waals surface area contributed by atoms with Crippen molar-refractivity contribution in [2.24, 2.45) is 11.7 Å². The highest BCUT2D eigenvalue weighted by Crippen LogP contribution is 2.36. The molecule has 7 heteroatoms. The van der Waals surface area contributed by atoms with Crippen LogP contribution in [0.1, 0.15) is 44.6 Å². The van der Waals surface area contributed by atoms with Gasteiger partial charge in [0.1, 0.15) is 9.71 Å². The molecular weight excluding hydrogens is 360 g/mol. The molecule has 0 fully saturated rings. The molecule has 5 N–H and O–H groups in total. The molecule has 0 bridgehead atoms. The van der Waals surface area contributed by atoms with E-state index in [2.05, 4.69) is 18.3 Å². The average molecular weight is 380 g/mol. The second kappa shape index (κ2) is 6.66. The van der Waals surface area contributed by atoms with Crippen LogP contribution in [0.4, 0.5) is 11.4 Å². The minimum atomic E-state index is -0.508. The number of amides is 2. The van der Waals surface area contributed by atoms with E-state index >= 15 is 0 Å². The van der Waals surface area contributed by atoms with E-state index in [9.17, 15) is 9.59 Å². The summed E-state index contributed by atoms with van der Waals surface area (Å²) < 4.78 is 0. The van der Waals surface area contributed by atoms with Crippen LogP contribution in [0, 0.1) is 5.92 Å². The first-order valence-corrected chi connectivity index (χ1v) is 9.66. The van der Waals surface area contributed by atoms with E-state index in [1.165, 1.54) is 16.9 Å². The van der Waals surface area contributed by atoms with E-state index in [4.69, 9.17) is 16.5 Å². The van der Waals surface area contributed by atoms with Gasteiger partial charge >= 0.3 is 0 Å². The number of nitrogen functional groups attached to an aromatic ring is 1. The molecule has 4 rings (SSSR count). The molecule has 0 saturated carbocycles. The summed E-state index contributed by atoms with van der Waals surface area (Å²) in [5, 5.41) is 3.66. The fourth-order valence-electron chi connectivity index (χ4n) is 3.45. The quantitative estimate of drug-likeness (QED) is 0.647. The Balaban J connectivity index is 1.63. The largest absolute Gasteiger partial charge is 0.397 e. The number of thiophene rings is 1. The third kappa shape index (κ3) is 3.26. The molecule has 1 aromatic carbocycles. The van der Waals surface area contributed by atoms with Crippen LogP contribution in [0.5, 0.6) is 0 Å². The number of hydrogen-bond acceptors (Lipinski definition) is 5. The molecule has 1 unspecified atom stereocenters. The Bertz CT molecular complexity index is 1060. The zero-order valence-electron chi connectivity index (χ0n) is 14.9. The fraction of sp³-hybridized carbons (Fsp3) is 0.250. The highest BCUT2D eigenvalue weighted by Gasteiger charge is 2.22. The van der Waals surface area contributed by atoms with Crippen LogP contribution >= 0.6 is 11.3 Å². The monoisotopic (exact) mass is 380 g/mol. The number of rotatable bonds is 3. The van der Waals surface area contributed by atoms with Crippen LogP contribution in [0.25, 0.3) is 10.2 Å². The topological polar surface area (TPSA) is 111 Å². The number of anilines is 2. The van der Waals surface area contributed by atoms with Crippen molar-refractivity contribution >= 4 is 44.7 Å². The summed E-state index contributed by atoms with van der Waals surface area (Å²) in [6.45, 7) is 2.24. The van der Waals surface area contributed by atoms with Crippen molar-refractivity contribution in [2.45, 2.75) is 26.2 Å². The van der Waals surface area contributed by atoms with Crippen LogP contribution in [0.3, 0.4) is 0 Å². The second-order valence-electron chi connectivity index (χ2n) is 7.04. The Hall–Kier alpha value is -2.93. The van der Waals surface area contributed by atoms with Crippen LogP contribution < -0.4 is 16.8 Å². The lowest BCUT2D eigenvalue weighted by atomic mass is 9.87. The summed E-state index contributed by atoms with van der Waals surface area (Å²) in [6, 6.07) is 8.52. The number of nitrogens with two attached hydrogens (primary N) is 2. The van der Waals surface area contributed by atoms with Crippen molar-refractivity contribution in [3.8, 4) is 0 Å². The Morgan fingerprint density at radius 2 is 2.00 bits per heavy atom. The van der Waals surface area contributed by atoms with Gasteiger partial charge in [0.25, 0.3) is 5.91 Å². The van der Waals surface area contributed by atoms with E-state index in [0.717, 1.165) is 35.2 Å². The summed E-state index contributed by atoms with van der Waals surface area (Å²) in [4.78, 5) is 29.8. The molecule has 1 aliphatic rings. The number of primary amides is 1. The van der Waals surface area contributed by atoms with Crippen molar-refractivity contribution in [1.82, 2.24) is 4.98 Å². The first-order chi connectivity index (χ1) is 12.9. The second-order valence-corrected chi connectivity index (χ2v) is 8.03. The summed E-state index contributed by atoms with van der Waals surface area (Å²) in [5.41, 5.74) is 15.3. The van der Waals surface area contributed by atoms with Crippen molar-refractivity contribution in [1.29, 1.82) is 0 Å². The van der Waals surface area contributed by atoms with Gasteiger partial charge < -0.3 is 16.8 Å². The SMILES string of the molecule is CC1CCc2nc3sc(C(=O)Nc4ccc(C(N)=O)cc4)c(N)c3cc2C1. The van der Waals surface area contributed by atoms with Crippen LogP contribution in [-0.2, 0) is 12.8 Å². The van der Waals surface area contributed by atoms with Gasteiger partial charge in [0.15, 0.2) is 0 Å². The normalized spacial score (nSPS) is 16.1. The number of nitrogens with zero attached hydrogens (tertiary/aromatic N) is 1. The summed E-state index contributed by atoms with van der Waals surface area (Å²) in [5.74, 6) is -0.151. The summed E-state index contributed by atoms with van der Waals surface area (Å²) >= 11 is 1.31. The smallest absolute Gasteiger partial charge is 0.267 e. The highest BCUT2D eigenvalue weighted by molar-refractivity contribution is 7.21. The van der Waals surface area contributed by atoms with Gasteiger partial charge in [0, 0.05) is 22.3 Å². The maximum atomic E-state index is 12.7. The minimum Gasteiger partial charge on any atom is -0.397 e. The molecule has 2 aromatic heterocycles. The molecule has 1 aliphatic carbocycles. The molecular formula is C20H20N4O2S. The van der Waals surface area contributed by atoms with Crippen molar-refractivity contribution in [2.75, 3.05) is 11.1 Å². The number of carbonyl (C=O) groups is 2. The summed E-state index contributed by atoms with van der Waals surface area (Å²) in [6.07, 6.45) is 3.11. The standard InChI is InChI=1S/C20H20N4O2S/c1-10-2-7-15-12(8-10)9-14-16(21)17(27-20(14)24-15)19(26)23-13-5-3-11(4-6-13)18(22)25/h3-6,9-10H,2,7-8,21H2,1H3,(H2,22,25)(H,23,26). The van der Waals surface area contributed by atoms with E-state index in [1.807, 2.05) is 0 Å². The Kier molecular flexibility index (Phi) is 4.31. The summed E-state index contributed by atoms with van der Waals surface area (Å²) in [7, 11) is 0. The van der Waals surface area contributed by atoms with Gasteiger partial charge in [-0.1, -0.05) is 6.92 Å². The molecule has 2 heterocycles. The Labute approximate surface area is 160 Å². The number of hydrogen-bond donors (Lipinski definition) is 3. The first kappa shape index (κ1) is 17.5. The zero-order chi connectivity index (χ0) is 19.1. The Morgan fingerprint density at radius 1 is 1.26 bits per heavy atom. The van der Waals surface area contributed by atoms with Gasteiger partial charge in [-0.05, 0) is 61.1 Å². The maximum Gasteiger partial charge on any atom is 0.267 e. The van der Waals surface area contributed by atoms with Gasteiger partial charge in [-0.25, -0.2) is 4.98 Å². The van der Waals surface area contributed by atoms with Crippen LogP contribution in [-0.4, -0.2) is 16.8 Å². The minimum absolute atomic E-state index is 0.284. The predicted octanol–water partition coefficient (Wildman–Crippen LogP) is 3.35. The molecule has 27 heavy (non-hydrogen) atoms. The number of aryl methyl sites for hydroxylation is 1. The zero-order valence-corrected chi connectivity index (χ0v) is 15.7. The molecule has 138 valence electrons. The van der Waals surface area contributed by atoms with Gasteiger partial charge in [0.2, 0.25) is 5.91 Å². The van der Waals surface area contributed by atoms with E-state index in [1.54, 1.807) is 24.3 Å². The number of carbonyl (C=O) groups excluding carboxylic acids is 2. The molecule has 0 saturated heterocycles. The number of fused-ring (bicyclic) bond motifs is 2. The number of nitrogens with one attached hydrogen (secondary N) is 1. The number of pyridine rings is 1. The third-order valence-electron chi connectivity index (χ3n) is 4.97. The molecule has 2 amide bonds. The average Bonchev–Trinajstić information content (AvgIpc) is 2.96. The molecule has 6 nitrogen and oxygen atoms in total. The number of aromatic nitrogens is 1. The van der Waals surface area contributed by atoms with Gasteiger partial charge in [-0.2, -0.15) is 0 Å². The fourth-order valence-corrected chi connectivity index (χ4v) is 4.44. The lowest BCUT2D eigenvalue weighted by molar-refractivity contribution is 0.0998. The van der Waals surface area contributed by atoms with Crippen molar-refractivity contribution in [3.63, 3.8) is 0 Å². The Morgan fingerprint density at radius 3 is 2.70 bits per heavy atom. The lowest BCUT2D eigenvalue weighted by Crippen LogP contribution is -2.13. The van der Waals surface area contributed by atoms with E-state index in [-0.39, 0.29) is 5.91 Å². The van der Waals surface area contributed by atoms with Crippen LogP contribution in [0.15, 0.2) is 30.3 Å². The molecule has 0 spiro atoms. The lowest BCUT2D eigenvalue weighted by Gasteiger charge is -2.20. The molecule has 0 aliphatic heterocycles. The van der Waals surface area contributed by atoms with Gasteiger partial charge in [0.05, 0.1) is 5.69 Å². The molecule has 3 aromatic rings. The predicted molar refractivity (Wildman–Crippen MR) is 108 cm³/mol. The first-order valence-electron chi connectivity index (χ1n) is 8.84. The number of benzene rings is 1. The van der Waals surface area contributed by atoms with Gasteiger partial charge in [-0.3, -0.25) is 9.59 Å². The molecule has 1 atom stereocenters. The third-order valence-corrected chi connectivity index (χ3v) is 6.08. The van der Waals surface area contributed by atoms with Gasteiger partial charge in [-0.15, -0.1) is 11.3 Å². The van der Waals surface area contributed by atoms with Crippen molar-refractivity contribution in [3.05, 3.63) is 52.0 Å². The van der Waals surface area contributed by atoms with Crippen LogP contribution in [0.2, 0.25) is 0 Å². The van der Waals surface area contributed by atoms with E-state index < -0.39 is 5.91 Å². The highest BCUT2D eigenvalue weighted by atomic mass is 32.1. The van der Waals surface area contributed by atoms with Crippen molar-refractivity contribution < 1.29 is 9.59 Å².